The second-order valence-corrected chi connectivity index (χ2v) is 6.38. The fraction of sp³-hybridized carbons (Fsp3) is 0.500. The van der Waals surface area contributed by atoms with Gasteiger partial charge in [0.1, 0.15) is 4.90 Å². The van der Waals surface area contributed by atoms with Gasteiger partial charge in [0.05, 0.1) is 17.6 Å². The fourth-order valence-electron chi connectivity index (χ4n) is 2.08. The molecule has 0 atom stereocenters. The molecule has 2 heterocycles. The molecule has 1 N–H and O–H groups in total. The molecule has 2 rings (SSSR count). The highest BCUT2D eigenvalue weighted by atomic mass is 32.2. The quantitative estimate of drug-likeness (QED) is 0.882. The fourth-order valence-corrected chi connectivity index (χ4v) is 3.27. The van der Waals surface area contributed by atoms with Crippen molar-refractivity contribution in [3.63, 3.8) is 0 Å². The summed E-state index contributed by atoms with van der Waals surface area (Å²) >= 11 is 0. The summed E-state index contributed by atoms with van der Waals surface area (Å²) in [6, 6.07) is 0. The van der Waals surface area contributed by atoms with Gasteiger partial charge in [-0.2, -0.15) is 10.2 Å². The lowest BCUT2D eigenvalue weighted by Crippen LogP contribution is -2.24. The Morgan fingerprint density at radius 3 is 2.55 bits per heavy atom. The number of sulfonamides is 1. The van der Waals surface area contributed by atoms with Crippen LogP contribution in [0.1, 0.15) is 23.9 Å². The number of aromatic nitrogens is 4. The van der Waals surface area contributed by atoms with Crippen LogP contribution in [0.5, 0.6) is 0 Å². The molecule has 0 bridgehead atoms. The summed E-state index contributed by atoms with van der Waals surface area (Å²) in [5.74, 6) is 0. The monoisotopic (exact) mass is 297 g/mol. The third-order valence-corrected chi connectivity index (χ3v) is 4.72. The Hall–Kier alpha value is -1.67. The van der Waals surface area contributed by atoms with E-state index in [9.17, 15) is 8.42 Å². The molecule has 0 amide bonds. The highest BCUT2D eigenvalue weighted by molar-refractivity contribution is 7.89. The smallest absolute Gasteiger partial charge is 0.244 e. The van der Waals surface area contributed by atoms with E-state index in [1.165, 1.54) is 6.20 Å². The van der Waals surface area contributed by atoms with Gasteiger partial charge in [0.25, 0.3) is 0 Å². The number of aryl methyl sites for hydroxylation is 3. The maximum Gasteiger partial charge on any atom is 0.244 e. The lowest BCUT2D eigenvalue weighted by atomic mass is 10.3. The van der Waals surface area contributed by atoms with Crippen molar-refractivity contribution in [2.75, 3.05) is 0 Å². The van der Waals surface area contributed by atoms with Crippen LogP contribution in [0, 0.1) is 13.8 Å². The molecule has 2 aromatic heterocycles. The molecule has 110 valence electrons. The molecule has 7 nitrogen and oxygen atoms in total. The van der Waals surface area contributed by atoms with Gasteiger partial charge in [-0.15, -0.1) is 0 Å². The van der Waals surface area contributed by atoms with Gasteiger partial charge in [-0.05, 0) is 20.8 Å². The van der Waals surface area contributed by atoms with Crippen molar-refractivity contribution in [3.8, 4) is 0 Å². The minimum atomic E-state index is -3.56. The zero-order chi connectivity index (χ0) is 14.9. The summed E-state index contributed by atoms with van der Waals surface area (Å²) in [5.41, 5.74) is 2.32. The lowest BCUT2D eigenvalue weighted by molar-refractivity contribution is 0.579. The zero-order valence-corrected chi connectivity index (χ0v) is 12.9. The second-order valence-electron chi connectivity index (χ2n) is 4.65. The molecular formula is C12H19N5O2S. The molecule has 0 aliphatic rings. The summed E-state index contributed by atoms with van der Waals surface area (Å²) in [4.78, 5) is 0.223. The minimum Gasteiger partial charge on any atom is -0.275 e. The molecule has 2 aromatic rings. The average molecular weight is 297 g/mol. The van der Waals surface area contributed by atoms with Gasteiger partial charge in [-0.1, -0.05) is 0 Å². The third-order valence-electron chi connectivity index (χ3n) is 3.21. The Labute approximate surface area is 118 Å². The predicted octanol–water partition coefficient (Wildman–Crippen LogP) is 0.732. The maximum absolute atomic E-state index is 12.3. The molecule has 8 heteroatoms. The van der Waals surface area contributed by atoms with E-state index in [0.717, 1.165) is 11.3 Å². The van der Waals surface area contributed by atoms with E-state index in [1.54, 1.807) is 29.5 Å². The van der Waals surface area contributed by atoms with E-state index in [1.807, 2.05) is 13.8 Å². The Morgan fingerprint density at radius 1 is 1.35 bits per heavy atom. The molecule has 0 aliphatic heterocycles. The third kappa shape index (κ3) is 2.75. The second kappa shape index (κ2) is 5.37. The molecule has 0 aliphatic carbocycles. The largest absolute Gasteiger partial charge is 0.275 e. The van der Waals surface area contributed by atoms with E-state index < -0.39 is 10.0 Å². The van der Waals surface area contributed by atoms with Crippen molar-refractivity contribution >= 4 is 10.0 Å². The molecule has 0 fully saturated rings. The van der Waals surface area contributed by atoms with Gasteiger partial charge in [0.2, 0.25) is 10.0 Å². The van der Waals surface area contributed by atoms with Gasteiger partial charge in [0.15, 0.2) is 0 Å². The number of nitrogens with one attached hydrogen (secondary N) is 1. The van der Waals surface area contributed by atoms with Crippen LogP contribution >= 0.6 is 0 Å². The first kappa shape index (κ1) is 14.7. The molecule has 20 heavy (non-hydrogen) atoms. The van der Waals surface area contributed by atoms with Crippen molar-refractivity contribution in [2.45, 2.75) is 38.8 Å². The molecule has 0 saturated heterocycles. The lowest BCUT2D eigenvalue weighted by Gasteiger charge is -2.06. The van der Waals surface area contributed by atoms with Crippen LogP contribution in [0.2, 0.25) is 0 Å². The average Bonchev–Trinajstić information content (AvgIpc) is 2.90. The number of nitrogens with zero attached hydrogens (tertiary/aromatic N) is 4. The van der Waals surface area contributed by atoms with Crippen LogP contribution in [-0.4, -0.2) is 28.0 Å². The first-order valence-corrected chi connectivity index (χ1v) is 7.84. The van der Waals surface area contributed by atoms with Crippen LogP contribution < -0.4 is 4.72 Å². The van der Waals surface area contributed by atoms with Gasteiger partial charge < -0.3 is 0 Å². The van der Waals surface area contributed by atoms with Crippen LogP contribution in [0.15, 0.2) is 17.3 Å². The molecule has 0 radical (unpaired) electrons. The zero-order valence-electron chi connectivity index (χ0n) is 12.1. The molecule has 0 saturated carbocycles. The van der Waals surface area contributed by atoms with Crippen molar-refractivity contribution in [1.29, 1.82) is 0 Å². The molecule has 0 aromatic carbocycles. The topological polar surface area (TPSA) is 81.8 Å². The van der Waals surface area contributed by atoms with Gasteiger partial charge in [0, 0.05) is 31.9 Å². The summed E-state index contributed by atoms with van der Waals surface area (Å²) in [6.45, 7) is 6.38. The molecule has 0 unspecified atom stereocenters. The highest BCUT2D eigenvalue weighted by Crippen LogP contribution is 2.15. The van der Waals surface area contributed by atoms with E-state index in [2.05, 4.69) is 14.9 Å². The summed E-state index contributed by atoms with van der Waals surface area (Å²) < 4.78 is 30.5. The van der Waals surface area contributed by atoms with Crippen LogP contribution in [-0.2, 0) is 30.2 Å². The number of hydrogen-bond donors (Lipinski definition) is 1. The Kier molecular flexibility index (Phi) is 3.96. The first-order chi connectivity index (χ1) is 9.35. The SMILES string of the molecule is CCn1ncc(S(=O)(=O)NCc2cn(C)nc2C)c1C. The maximum atomic E-state index is 12.3. The van der Waals surface area contributed by atoms with E-state index in [-0.39, 0.29) is 11.4 Å². The van der Waals surface area contributed by atoms with Gasteiger partial charge in [-0.25, -0.2) is 13.1 Å². The van der Waals surface area contributed by atoms with Crippen LogP contribution in [0.3, 0.4) is 0 Å². The van der Waals surface area contributed by atoms with Gasteiger partial charge >= 0.3 is 0 Å². The summed E-state index contributed by atoms with van der Waals surface area (Å²) in [7, 11) is -1.75. The van der Waals surface area contributed by atoms with E-state index >= 15 is 0 Å². The van der Waals surface area contributed by atoms with E-state index in [0.29, 0.717) is 12.2 Å². The van der Waals surface area contributed by atoms with Gasteiger partial charge in [-0.3, -0.25) is 9.36 Å². The van der Waals surface area contributed by atoms with E-state index in [4.69, 9.17) is 0 Å². The molecular weight excluding hydrogens is 278 g/mol. The Bertz CT molecular complexity index is 714. The molecule has 0 spiro atoms. The highest BCUT2D eigenvalue weighted by Gasteiger charge is 2.20. The van der Waals surface area contributed by atoms with Crippen molar-refractivity contribution < 1.29 is 8.42 Å². The normalized spacial score (nSPS) is 12.0. The Balaban J connectivity index is 2.19. The number of hydrogen-bond acceptors (Lipinski definition) is 4. The van der Waals surface area contributed by atoms with Crippen molar-refractivity contribution in [2.24, 2.45) is 7.05 Å². The Morgan fingerprint density at radius 2 is 2.05 bits per heavy atom. The first-order valence-electron chi connectivity index (χ1n) is 6.36. The van der Waals surface area contributed by atoms with Crippen LogP contribution in [0.25, 0.3) is 0 Å². The standard InChI is InChI=1S/C12H19N5O2S/c1-5-17-10(3)12(7-13-17)20(18,19)14-6-11-8-16(4)15-9(11)2/h7-8,14H,5-6H2,1-4H3. The summed E-state index contributed by atoms with van der Waals surface area (Å²) in [5, 5.41) is 8.24. The van der Waals surface area contributed by atoms with Crippen molar-refractivity contribution in [1.82, 2.24) is 24.3 Å². The number of rotatable bonds is 5. The predicted molar refractivity (Wildman–Crippen MR) is 74.6 cm³/mol. The minimum absolute atomic E-state index is 0.221. The van der Waals surface area contributed by atoms with Crippen molar-refractivity contribution in [3.05, 3.63) is 29.3 Å². The van der Waals surface area contributed by atoms with Crippen LogP contribution in [0.4, 0.5) is 0 Å². The summed E-state index contributed by atoms with van der Waals surface area (Å²) in [6.07, 6.45) is 3.19.